The van der Waals surface area contributed by atoms with Crippen molar-refractivity contribution < 1.29 is 4.79 Å². The van der Waals surface area contributed by atoms with Crippen LogP contribution in [-0.2, 0) is 0 Å². The zero-order chi connectivity index (χ0) is 14.3. The average Bonchev–Trinajstić information content (AvgIpc) is 2.84. The van der Waals surface area contributed by atoms with Crippen LogP contribution in [0, 0.1) is 20.8 Å². The lowest BCUT2D eigenvalue weighted by Crippen LogP contribution is -2.12. The van der Waals surface area contributed by atoms with Crippen LogP contribution in [0.4, 0.5) is 5.69 Å². The molecule has 1 aromatic carbocycles. The Kier molecular flexibility index (Phi) is 3.02. The van der Waals surface area contributed by atoms with Gasteiger partial charge in [0.05, 0.1) is 6.20 Å². The van der Waals surface area contributed by atoms with E-state index in [0.29, 0.717) is 5.69 Å². The highest BCUT2D eigenvalue weighted by atomic mass is 32.1. The van der Waals surface area contributed by atoms with Crippen LogP contribution in [0.1, 0.15) is 26.6 Å². The van der Waals surface area contributed by atoms with Gasteiger partial charge < -0.3 is 5.32 Å². The quantitative estimate of drug-likeness (QED) is 0.788. The average molecular weight is 286 g/mol. The molecule has 0 radical (unpaired) electrons. The second-order valence-electron chi connectivity index (χ2n) is 4.80. The Labute approximate surface area is 120 Å². The maximum Gasteiger partial charge on any atom is 0.275 e. The van der Waals surface area contributed by atoms with E-state index in [1.54, 1.807) is 10.7 Å². The lowest BCUT2D eigenvalue weighted by Gasteiger charge is -2.05. The standard InChI is InChI=1S/C14H14N4OS/c1-8-4-9(2)6-11(5-8)15-13(19)12-7-18-14(16-12)20-10(3)17-18/h4-7H,1-3H3,(H,15,19). The summed E-state index contributed by atoms with van der Waals surface area (Å²) in [4.78, 5) is 17.2. The van der Waals surface area contributed by atoms with Crippen LogP contribution in [0.2, 0.25) is 0 Å². The van der Waals surface area contributed by atoms with Crippen molar-refractivity contribution in [2.24, 2.45) is 0 Å². The second kappa shape index (κ2) is 4.72. The van der Waals surface area contributed by atoms with Crippen LogP contribution < -0.4 is 5.32 Å². The fourth-order valence-electron chi connectivity index (χ4n) is 2.15. The topological polar surface area (TPSA) is 59.3 Å². The van der Waals surface area contributed by atoms with Gasteiger partial charge in [-0.1, -0.05) is 17.4 Å². The van der Waals surface area contributed by atoms with Crippen molar-refractivity contribution in [3.8, 4) is 0 Å². The molecule has 20 heavy (non-hydrogen) atoms. The number of nitrogens with one attached hydrogen (secondary N) is 1. The number of hydrogen-bond donors (Lipinski definition) is 1. The van der Waals surface area contributed by atoms with Crippen molar-refractivity contribution in [3.05, 3.63) is 46.2 Å². The van der Waals surface area contributed by atoms with Gasteiger partial charge >= 0.3 is 0 Å². The normalized spacial score (nSPS) is 10.9. The highest BCUT2D eigenvalue weighted by molar-refractivity contribution is 7.16. The number of carbonyl (C=O) groups is 1. The summed E-state index contributed by atoms with van der Waals surface area (Å²) in [5, 5.41) is 8.04. The molecular weight excluding hydrogens is 272 g/mol. The van der Waals surface area contributed by atoms with Crippen LogP contribution in [0.15, 0.2) is 24.4 Å². The zero-order valence-corrected chi connectivity index (χ0v) is 12.3. The first-order chi connectivity index (χ1) is 9.51. The molecule has 5 nitrogen and oxygen atoms in total. The Morgan fingerprint density at radius 3 is 2.55 bits per heavy atom. The van der Waals surface area contributed by atoms with E-state index in [2.05, 4.69) is 21.5 Å². The van der Waals surface area contributed by atoms with Gasteiger partial charge in [0.1, 0.15) is 10.7 Å². The largest absolute Gasteiger partial charge is 0.321 e. The lowest BCUT2D eigenvalue weighted by atomic mass is 10.1. The first-order valence-electron chi connectivity index (χ1n) is 6.24. The van der Waals surface area contributed by atoms with Crippen LogP contribution in [0.5, 0.6) is 0 Å². The second-order valence-corrected chi connectivity index (χ2v) is 5.96. The van der Waals surface area contributed by atoms with Crippen LogP contribution in [0.25, 0.3) is 4.96 Å². The fourth-order valence-corrected chi connectivity index (χ4v) is 2.88. The molecule has 2 aromatic heterocycles. The highest BCUT2D eigenvalue weighted by Gasteiger charge is 2.13. The third-order valence-corrected chi connectivity index (χ3v) is 3.69. The van der Waals surface area contributed by atoms with Crippen molar-refractivity contribution in [2.75, 3.05) is 5.32 Å². The number of imidazole rings is 1. The number of fused-ring (bicyclic) bond motifs is 1. The first-order valence-corrected chi connectivity index (χ1v) is 7.05. The molecule has 3 aromatic rings. The Bertz CT molecular complexity index is 751. The molecule has 0 unspecified atom stereocenters. The number of anilines is 1. The minimum Gasteiger partial charge on any atom is -0.321 e. The lowest BCUT2D eigenvalue weighted by molar-refractivity contribution is 0.102. The Hall–Kier alpha value is -2.21. The predicted molar refractivity (Wildman–Crippen MR) is 79.5 cm³/mol. The van der Waals surface area contributed by atoms with Gasteiger partial charge in [-0.05, 0) is 44.0 Å². The van der Waals surface area contributed by atoms with E-state index in [1.807, 2.05) is 32.9 Å². The van der Waals surface area contributed by atoms with Crippen LogP contribution >= 0.6 is 11.3 Å². The van der Waals surface area contributed by atoms with Gasteiger partial charge in [0.25, 0.3) is 5.91 Å². The van der Waals surface area contributed by atoms with E-state index in [1.165, 1.54) is 11.3 Å². The van der Waals surface area contributed by atoms with E-state index in [9.17, 15) is 4.79 Å². The molecule has 1 amide bonds. The monoisotopic (exact) mass is 286 g/mol. The van der Waals surface area contributed by atoms with Gasteiger partial charge in [-0.25, -0.2) is 9.50 Å². The fraction of sp³-hybridized carbons (Fsp3) is 0.214. The SMILES string of the molecule is Cc1cc(C)cc(NC(=O)c2cn3nc(C)sc3n2)c1. The minimum atomic E-state index is -0.217. The van der Waals surface area contributed by atoms with Crippen LogP contribution in [-0.4, -0.2) is 20.5 Å². The van der Waals surface area contributed by atoms with Crippen molar-refractivity contribution in [2.45, 2.75) is 20.8 Å². The van der Waals surface area contributed by atoms with Gasteiger partial charge in [-0.3, -0.25) is 4.79 Å². The molecule has 0 saturated heterocycles. The molecule has 2 heterocycles. The number of aryl methyl sites for hydroxylation is 3. The summed E-state index contributed by atoms with van der Waals surface area (Å²) in [5.74, 6) is -0.217. The molecule has 6 heteroatoms. The predicted octanol–water partition coefficient (Wildman–Crippen LogP) is 2.97. The summed E-state index contributed by atoms with van der Waals surface area (Å²) >= 11 is 1.46. The number of aromatic nitrogens is 3. The summed E-state index contributed by atoms with van der Waals surface area (Å²) in [7, 11) is 0. The van der Waals surface area contributed by atoms with Gasteiger partial charge in [-0.15, -0.1) is 0 Å². The number of hydrogen-bond acceptors (Lipinski definition) is 4. The maximum absolute atomic E-state index is 12.2. The first kappa shape index (κ1) is 12.8. The Morgan fingerprint density at radius 2 is 1.90 bits per heavy atom. The molecule has 3 rings (SSSR count). The molecule has 0 aliphatic rings. The van der Waals surface area contributed by atoms with E-state index < -0.39 is 0 Å². The van der Waals surface area contributed by atoms with Crippen molar-refractivity contribution in [1.29, 1.82) is 0 Å². The summed E-state index contributed by atoms with van der Waals surface area (Å²) in [6, 6.07) is 5.94. The molecule has 0 bridgehead atoms. The third kappa shape index (κ3) is 2.42. The molecule has 0 aliphatic heterocycles. The Morgan fingerprint density at radius 1 is 1.20 bits per heavy atom. The molecule has 0 aliphatic carbocycles. The van der Waals surface area contributed by atoms with Gasteiger partial charge in [0.2, 0.25) is 4.96 Å². The molecule has 0 saturated carbocycles. The number of carbonyl (C=O) groups excluding carboxylic acids is 1. The molecule has 0 spiro atoms. The van der Waals surface area contributed by atoms with Gasteiger partial charge in [0.15, 0.2) is 0 Å². The number of benzene rings is 1. The molecule has 102 valence electrons. The number of nitrogens with zero attached hydrogens (tertiary/aromatic N) is 3. The molecule has 0 fully saturated rings. The van der Waals surface area contributed by atoms with Gasteiger partial charge in [0, 0.05) is 5.69 Å². The molecule has 1 N–H and O–H groups in total. The zero-order valence-electron chi connectivity index (χ0n) is 11.5. The van der Waals surface area contributed by atoms with Crippen molar-refractivity contribution in [1.82, 2.24) is 14.6 Å². The van der Waals surface area contributed by atoms with E-state index in [-0.39, 0.29) is 5.91 Å². The van der Waals surface area contributed by atoms with Gasteiger partial charge in [-0.2, -0.15) is 5.10 Å². The van der Waals surface area contributed by atoms with Crippen LogP contribution in [0.3, 0.4) is 0 Å². The van der Waals surface area contributed by atoms with E-state index >= 15 is 0 Å². The van der Waals surface area contributed by atoms with E-state index in [0.717, 1.165) is 26.8 Å². The summed E-state index contributed by atoms with van der Waals surface area (Å²) < 4.78 is 1.64. The minimum absolute atomic E-state index is 0.217. The summed E-state index contributed by atoms with van der Waals surface area (Å²) in [6.45, 7) is 5.92. The summed E-state index contributed by atoms with van der Waals surface area (Å²) in [5.41, 5.74) is 3.39. The Balaban J connectivity index is 1.86. The number of amides is 1. The molecular formula is C14H14N4OS. The number of rotatable bonds is 2. The third-order valence-electron chi connectivity index (χ3n) is 2.86. The molecule has 0 atom stereocenters. The van der Waals surface area contributed by atoms with Crippen molar-refractivity contribution in [3.63, 3.8) is 0 Å². The smallest absolute Gasteiger partial charge is 0.275 e. The van der Waals surface area contributed by atoms with E-state index in [4.69, 9.17) is 0 Å². The summed E-state index contributed by atoms with van der Waals surface area (Å²) in [6.07, 6.45) is 1.65. The maximum atomic E-state index is 12.2. The van der Waals surface area contributed by atoms with Crippen molar-refractivity contribution >= 4 is 27.9 Å². The highest BCUT2D eigenvalue weighted by Crippen LogP contribution is 2.17.